The third kappa shape index (κ3) is 5.28. The molecule has 1 aromatic heterocycles. The fourth-order valence-electron chi connectivity index (χ4n) is 1.22. The van der Waals surface area contributed by atoms with Gasteiger partial charge in [-0.1, -0.05) is 0 Å². The van der Waals surface area contributed by atoms with E-state index in [-0.39, 0.29) is 11.5 Å². The van der Waals surface area contributed by atoms with Crippen LogP contribution in [0.5, 0.6) is 0 Å². The summed E-state index contributed by atoms with van der Waals surface area (Å²) < 4.78 is 4.87. The maximum absolute atomic E-state index is 11.6. The molecule has 1 heterocycles. The van der Waals surface area contributed by atoms with E-state index in [1.807, 2.05) is 0 Å². The first-order chi connectivity index (χ1) is 8.24. The number of carbonyl (C=O) groups is 1. The van der Waals surface area contributed by atoms with Gasteiger partial charge in [-0.2, -0.15) is 0 Å². The van der Waals surface area contributed by atoms with Crippen molar-refractivity contribution >= 4 is 5.91 Å². The molecule has 0 fully saturated rings. The second kappa shape index (κ2) is 7.59. The Kier molecular flexibility index (Phi) is 5.98. The van der Waals surface area contributed by atoms with Crippen LogP contribution in [0.2, 0.25) is 0 Å². The van der Waals surface area contributed by atoms with Gasteiger partial charge in [0, 0.05) is 39.0 Å². The predicted molar refractivity (Wildman–Crippen MR) is 64.1 cm³/mol. The summed E-state index contributed by atoms with van der Waals surface area (Å²) in [7, 11) is 1.64. The van der Waals surface area contributed by atoms with Crippen LogP contribution in [0.15, 0.2) is 23.1 Å². The number of amides is 1. The van der Waals surface area contributed by atoms with Crippen LogP contribution in [-0.4, -0.2) is 44.2 Å². The van der Waals surface area contributed by atoms with Gasteiger partial charge in [-0.3, -0.25) is 9.59 Å². The molecule has 0 unspecified atom stereocenters. The number of methoxy groups -OCH3 is 1. The van der Waals surface area contributed by atoms with Gasteiger partial charge in [0.1, 0.15) is 0 Å². The number of hydrogen-bond donors (Lipinski definition) is 3. The first-order valence-corrected chi connectivity index (χ1v) is 5.40. The van der Waals surface area contributed by atoms with Crippen molar-refractivity contribution in [1.29, 1.82) is 0 Å². The van der Waals surface area contributed by atoms with Crippen molar-refractivity contribution in [3.63, 3.8) is 0 Å². The zero-order valence-corrected chi connectivity index (χ0v) is 9.79. The van der Waals surface area contributed by atoms with Gasteiger partial charge in [0.2, 0.25) is 5.56 Å². The van der Waals surface area contributed by atoms with Gasteiger partial charge in [0.25, 0.3) is 5.91 Å². The SMILES string of the molecule is COCCNCCNC(=O)c1ccc(=O)[nH]c1. The fourth-order valence-corrected chi connectivity index (χ4v) is 1.22. The van der Waals surface area contributed by atoms with Crippen LogP contribution in [0, 0.1) is 0 Å². The molecule has 17 heavy (non-hydrogen) atoms. The third-order valence-corrected chi connectivity index (χ3v) is 2.12. The lowest BCUT2D eigenvalue weighted by Gasteiger charge is -2.06. The monoisotopic (exact) mass is 239 g/mol. The van der Waals surface area contributed by atoms with Gasteiger partial charge in [0.05, 0.1) is 12.2 Å². The van der Waals surface area contributed by atoms with E-state index in [0.717, 1.165) is 6.54 Å². The van der Waals surface area contributed by atoms with Gasteiger partial charge in [0.15, 0.2) is 0 Å². The minimum Gasteiger partial charge on any atom is -0.383 e. The van der Waals surface area contributed by atoms with Crippen molar-refractivity contribution in [1.82, 2.24) is 15.6 Å². The molecular weight excluding hydrogens is 222 g/mol. The van der Waals surface area contributed by atoms with Crippen LogP contribution in [0.25, 0.3) is 0 Å². The lowest BCUT2D eigenvalue weighted by atomic mass is 10.3. The van der Waals surface area contributed by atoms with Crippen LogP contribution < -0.4 is 16.2 Å². The molecule has 0 saturated heterocycles. The maximum Gasteiger partial charge on any atom is 0.252 e. The fraction of sp³-hybridized carbons (Fsp3) is 0.455. The van der Waals surface area contributed by atoms with Gasteiger partial charge in [-0.25, -0.2) is 0 Å². The molecule has 0 bridgehead atoms. The van der Waals surface area contributed by atoms with Crippen molar-refractivity contribution in [3.8, 4) is 0 Å². The Labute approximate surface area is 99.4 Å². The lowest BCUT2D eigenvalue weighted by Crippen LogP contribution is -2.33. The van der Waals surface area contributed by atoms with Crippen LogP contribution >= 0.6 is 0 Å². The summed E-state index contributed by atoms with van der Waals surface area (Å²) in [5.74, 6) is -0.199. The molecular formula is C11H17N3O3. The first-order valence-electron chi connectivity index (χ1n) is 5.40. The zero-order valence-electron chi connectivity index (χ0n) is 9.79. The highest BCUT2D eigenvalue weighted by atomic mass is 16.5. The smallest absolute Gasteiger partial charge is 0.252 e. The quantitative estimate of drug-likeness (QED) is 0.552. The number of hydrogen-bond acceptors (Lipinski definition) is 4. The Morgan fingerprint density at radius 1 is 1.35 bits per heavy atom. The summed E-state index contributed by atoms with van der Waals surface area (Å²) in [6.45, 7) is 2.61. The number of aromatic amines is 1. The average Bonchev–Trinajstić information content (AvgIpc) is 2.34. The van der Waals surface area contributed by atoms with E-state index < -0.39 is 0 Å². The molecule has 6 heteroatoms. The minimum absolute atomic E-state index is 0.199. The molecule has 0 spiro atoms. The Morgan fingerprint density at radius 2 is 2.18 bits per heavy atom. The number of aromatic nitrogens is 1. The predicted octanol–water partition coefficient (Wildman–Crippen LogP) is -0.659. The molecule has 1 amide bonds. The van der Waals surface area contributed by atoms with E-state index in [2.05, 4.69) is 15.6 Å². The van der Waals surface area contributed by atoms with E-state index in [1.165, 1.54) is 18.3 Å². The Bertz CT molecular complexity index is 383. The third-order valence-electron chi connectivity index (χ3n) is 2.12. The van der Waals surface area contributed by atoms with Gasteiger partial charge >= 0.3 is 0 Å². The molecule has 0 aliphatic heterocycles. The average molecular weight is 239 g/mol. The zero-order chi connectivity index (χ0) is 12.5. The Balaban J connectivity index is 2.21. The van der Waals surface area contributed by atoms with Gasteiger partial charge < -0.3 is 20.4 Å². The molecule has 1 rings (SSSR count). The summed E-state index contributed by atoms with van der Waals surface area (Å²) in [6.07, 6.45) is 1.40. The van der Waals surface area contributed by atoms with Crippen molar-refractivity contribution in [2.75, 3.05) is 33.4 Å². The van der Waals surface area contributed by atoms with Gasteiger partial charge in [-0.05, 0) is 6.07 Å². The van der Waals surface area contributed by atoms with Crippen molar-refractivity contribution < 1.29 is 9.53 Å². The molecule has 1 aromatic rings. The van der Waals surface area contributed by atoms with Crippen LogP contribution in [0.1, 0.15) is 10.4 Å². The summed E-state index contributed by atoms with van der Waals surface area (Å²) >= 11 is 0. The largest absolute Gasteiger partial charge is 0.383 e. The maximum atomic E-state index is 11.6. The highest BCUT2D eigenvalue weighted by Gasteiger charge is 2.03. The highest BCUT2D eigenvalue weighted by molar-refractivity contribution is 5.93. The van der Waals surface area contributed by atoms with E-state index in [9.17, 15) is 9.59 Å². The first kappa shape index (κ1) is 13.4. The molecule has 0 atom stereocenters. The van der Waals surface area contributed by atoms with E-state index in [4.69, 9.17) is 4.74 Å². The summed E-state index contributed by atoms with van der Waals surface area (Å²) in [5.41, 5.74) is 0.226. The minimum atomic E-state index is -0.220. The van der Waals surface area contributed by atoms with Crippen molar-refractivity contribution in [2.45, 2.75) is 0 Å². The molecule has 0 saturated carbocycles. The summed E-state index contributed by atoms with van der Waals surface area (Å²) in [5, 5.41) is 5.84. The second-order valence-electron chi connectivity index (χ2n) is 3.44. The number of rotatable bonds is 7. The Hall–Kier alpha value is -1.66. The molecule has 0 aliphatic carbocycles. The van der Waals surface area contributed by atoms with Crippen LogP contribution in [0.4, 0.5) is 0 Å². The number of carbonyl (C=O) groups excluding carboxylic acids is 1. The number of ether oxygens (including phenoxy) is 1. The summed E-state index contributed by atoms with van der Waals surface area (Å²) in [4.78, 5) is 24.8. The van der Waals surface area contributed by atoms with Gasteiger partial charge in [-0.15, -0.1) is 0 Å². The molecule has 94 valence electrons. The van der Waals surface area contributed by atoms with Crippen LogP contribution in [0.3, 0.4) is 0 Å². The number of pyridine rings is 1. The normalized spacial score (nSPS) is 10.2. The topological polar surface area (TPSA) is 83.2 Å². The molecule has 0 aliphatic rings. The van der Waals surface area contributed by atoms with E-state index in [0.29, 0.717) is 25.3 Å². The van der Waals surface area contributed by atoms with Crippen LogP contribution in [-0.2, 0) is 4.74 Å². The Morgan fingerprint density at radius 3 is 2.82 bits per heavy atom. The molecule has 0 radical (unpaired) electrons. The standard InChI is InChI=1S/C11H17N3O3/c1-17-7-6-12-4-5-13-11(16)9-2-3-10(15)14-8-9/h2-3,8,12H,4-7H2,1H3,(H,13,16)(H,14,15). The molecule has 0 aromatic carbocycles. The lowest BCUT2D eigenvalue weighted by molar-refractivity contribution is 0.0953. The van der Waals surface area contributed by atoms with Crippen molar-refractivity contribution in [3.05, 3.63) is 34.2 Å². The highest BCUT2D eigenvalue weighted by Crippen LogP contribution is 1.91. The molecule has 3 N–H and O–H groups in total. The van der Waals surface area contributed by atoms with E-state index in [1.54, 1.807) is 7.11 Å². The van der Waals surface area contributed by atoms with Crippen molar-refractivity contribution in [2.24, 2.45) is 0 Å². The summed E-state index contributed by atoms with van der Waals surface area (Å²) in [6, 6.07) is 2.82. The van der Waals surface area contributed by atoms with E-state index >= 15 is 0 Å². The number of nitrogens with one attached hydrogen (secondary N) is 3. The molecule has 6 nitrogen and oxygen atoms in total. The second-order valence-corrected chi connectivity index (χ2v) is 3.44. The number of H-pyrrole nitrogens is 1.